The smallest absolute Gasteiger partial charge is 0.341 e. The van der Waals surface area contributed by atoms with E-state index in [4.69, 9.17) is 4.74 Å². The molecule has 0 aliphatic heterocycles. The fourth-order valence-corrected chi connectivity index (χ4v) is 6.95. The highest BCUT2D eigenvalue weighted by atomic mass is 32.2. The molecule has 0 saturated carbocycles. The van der Waals surface area contributed by atoms with Crippen LogP contribution in [0.3, 0.4) is 0 Å². The first-order chi connectivity index (χ1) is 17.0. The summed E-state index contributed by atoms with van der Waals surface area (Å²) in [4.78, 5) is 13.6. The minimum absolute atomic E-state index is 0.170. The molecular weight excluding hydrogens is 512 g/mol. The second-order valence-electron chi connectivity index (χ2n) is 13.9. The maximum absolute atomic E-state index is 11.3. The van der Waals surface area contributed by atoms with Gasteiger partial charge in [-0.15, -0.1) is 23.5 Å². The number of carboxylic acids is 1. The summed E-state index contributed by atoms with van der Waals surface area (Å²) >= 11 is 3.59. The Hall–Kier alpha value is -1.79. The highest BCUT2D eigenvalue weighted by molar-refractivity contribution is 8.18. The lowest BCUT2D eigenvalue weighted by Crippen LogP contribution is -2.22. The Morgan fingerprint density at radius 1 is 0.763 bits per heavy atom. The van der Waals surface area contributed by atoms with Crippen molar-refractivity contribution in [2.45, 2.75) is 126 Å². The van der Waals surface area contributed by atoms with Gasteiger partial charge in [0.05, 0.1) is 4.08 Å². The zero-order valence-corrected chi connectivity index (χ0v) is 27.3. The zero-order chi connectivity index (χ0) is 29.4. The van der Waals surface area contributed by atoms with Gasteiger partial charge in [0.15, 0.2) is 6.61 Å². The Kier molecular flexibility index (Phi) is 9.70. The predicted molar refractivity (Wildman–Crippen MR) is 164 cm³/mol. The van der Waals surface area contributed by atoms with E-state index in [1.807, 2.05) is 0 Å². The van der Waals surface area contributed by atoms with Crippen LogP contribution in [0.2, 0.25) is 0 Å². The number of aliphatic carboxylic acids is 1. The number of aromatic hydroxyl groups is 1. The summed E-state index contributed by atoms with van der Waals surface area (Å²) in [5.41, 5.74) is 3.34. The molecule has 2 aromatic carbocycles. The molecule has 0 spiro atoms. The Morgan fingerprint density at radius 2 is 1.16 bits per heavy atom. The van der Waals surface area contributed by atoms with Crippen molar-refractivity contribution in [2.24, 2.45) is 0 Å². The van der Waals surface area contributed by atoms with Gasteiger partial charge < -0.3 is 14.9 Å². The Morgan fingerprint density at radius 3 is 1.53 bits per heavy atom. The first-order valence-electron chi connectivity index (χ1n) is 13.3. The van der Waals surface area contributed by atoms with Gasteiger partial charge in [-0.25, -0.2) is 4.79 Å². The van der Waals surface area contributed by atoms with E-state index in [0.29, 0.717) is 11.5 Å². The molecular formula is C32H48O4S2. The number of benzene rings is 2. The van der Waals surface area contributed by atoms with Gasteiger partial charge in [0.2, 0.25) is 0 Å². The molecule has 0 bridgehead atoms. The van der Waals surface area contributed by atoms with Gasteiger partial charge in [0.1, 0.15) is 11.5 Å². The zero-order valence-electron chi connectivity index (χ0n) is 25.6. The monoisotopic (exact) mass is 560 g/mol. The number of ether oxygens (including phenoxy) is 1. The van der Waals surface area contributed by atoms with E-state index in [1.54, 1.807) is 23.5 Å². The molecule has 0 aliphatic rings. The van der Waals surface area contributed by atoms with Gasteiger partial charge in [-0.3, -0.25) is 0 Å². The Balaban J connectivity index is 2.59. The number of rotatable bonds is 8. The molecule has 38 heavy (non-hydrogen) atoms. The van der Waals surface area contributed by atoms with Crippen molar-refractivity contribution in [1.29, 1.82) is 0 Å². The maximum atomic E-state index is 11.3. The van der Waals surface area contributed by atoms with E-state index in [-0.39, 0.29) is 32.8 Å². The van der Waals surface area contributed by atoms with Gasteiger partial charge in [-0.05, 0) is 65.8 Å². The number of phenolic OH excluding ortho intramolecular Hbond substituents is 1. The lowest BCUT2D eigenvalue weighted by atomic mass is 9.79. The predicted octanol–water partition coefficient (Wildman–Crippen LogP) is 9.49. The SMILES string of the molecule is CC(C)c1cc(SC(C)(C)Sc2cc(C(C)(C)C)c(OCC(=O)O)c(C(C)(C)C)c2)cc(C(C)(C)C)c1O. The molecule has 2 rings (SSSR count). The van der Waals surface area contributed by atoms with E-state index < -0.39 is 5.97 Å². The molecule has 0 saturated heterocycles. The lowest BCUT2D eigenvalue weighted by Gasteiger charge is -2.32. The maximum Gasteiger partial charge on any atom is 0.341 e. The molecule has 4 nitrogen and oxygen atoms in total. The molecule has 212 valence electrons. The molecule has 0 radical (unpaired) electrons. The van der Waals surface area contributed by atoms with E-state index in [2.05, 4.69) is 114 Å². The van der Waals surface area contributed by atoms with E-state index in [9.17, 15) is 15.0 Å². The summed E-state index contributed by atoms with van der Waals surface area (Å²) in [6.07, 6.45) is 0. The van der Waals surface area contributed by atoms with Crippen LogP contribution in [0.4, 0.5) is 0 Å². The van der Waals surface area contributed by atoms with E-state index >= 15 is 0 Å². The van der Waals surface area contributed by atoms with Crippen LogP contribution in [0.25, 0.3) is 0 Å². The summed E-state index contributed by atoms with van der Waals surface area (Å²) in [6, 6.07) is 8.59. The minimum Gasteiger partial charge on any atom is -0.507 e. The number of carboxylic acid groups (broad SMARTS) is 1. The molecule has 0 fully saturated rings. The molecule has 2 aromatic rings. The number of phenols is 1. The first-order valence-corrected chi connectivity index (χ1v) is 14.9. The van der Waals surface area contributed by atoms with Crippen molar-refractivity contribution in [2.75, 3.05) is 6.61 Å². The van der Waals surface area contributed by atoms with E-state index in [0.717, 1.165) is 32.0 Å². The molecule has 0 aliphatic carbocycles. The van der Waals surface area contributed by atoms with Crippen LogP contribution in [0.5, 0.6) is 11.5 Å². The number of carbonyl (C=O) groups is 1. The summed E-state index contributed by atoms with van der Waals surface area (Å²) < 4.78 is 5.70. The van der Waals surface area contributed by atoms with Gasteiger partial charge in [0, 0.05) is 26.5 Å². The number of hydrogen-bond donors (Lipinski definition) is 2. The van der Waals surface area contributed by atoms with Crippen LogP contribution in [-0.2, 0) is 21.0 Å². The van der Waals surface area contributed by atoms with Crippen LogP contribution in [0, 0.1) is 0 Å². The molecule has 2 N–H and O–H groups in total. The topological polar surface area (TPSA) is 66.8 Å². The highest BCUT2D eigenvalue weighted by Gasteiger charge is 2.31. The quantitative estimate of drug-likeness (QED) is 0.247. The van der Waals surface area contributed by atoms with Crippen molar-refractivity contribution in [3.8, 4) is 11.5 Å². The standard InChI is InChI=1S/C32H48O4S2/c1-19(2)22-14-20(15-23(27(22)35)29(3,4)5)37-32(12,13)38-21-16-24(30(6,7)8)28(36-18-26(33)34)25(17-21)31(9,10)11/h14-17,19,35H,18H2,1-13H3,(H,33,34). The average molecular weight is 561 g/mol. The number of hydrogen-bond acceptors (Lipinski definition) is 5. The van der Waals surface area contributed by atoms with Crippen molar-refractivity contribution in [3.05, 3.63) is 46.5 Å². The Bertz CT molecular complexity index is 1120. The minimum atomic E-state index is -0.981. The molecule has 0 atom stereocenters. The summed E-state index contributed by atoms with van der Waals surface area (Å²) in [7, 11) is 0. The van der Waals surface area contributed by atoms with Crippen molar-refractivity contribution in [1.82, 2.24) is 0 Å². The van der Waals surface area contributed by atoms with Gasteiger partial charge in [0.25, 0.3) is 0 Å². The molecule has 0 amide bonds. The molecule has 0 aromatic heterocycles. The van der Waals surface area contributed by atoms with Crippen LogP contribution >= 0.6 is 23.5 Å². The van der Waals surface area contributed by atoms with Crippen molar-refractivity contribution < 1.29 is 19.7 Å². The van der Waals surface area contributed by atoms with Crippen molar-refractivity contribution in [3.63, 3.8) is 0 Å². The third-order valence-electron chi connectivity index (χ3n) is 6.29. The largest absolute Gasteiger partial charge is 0.507 e. The Labute approximate surface area is 239 Å². The van der Waals surface area contributed by atoms with Crippen LogP contribution < -0.4 is 4.74 Å². The third-order valence-corrected chi connectivity index (χ3v) is 8.71. The second-order valence-corrected chi connectivity index (χ2v) is 17.6. The van der Waals surface area contributed by atoms with Gasteiger partial charge in [-0.1, -0.05) is 76.2 Å². The molecule has 0 heterocycles. The van der Waals surface area contributed by atoms with Crippen LogP contribution in [0.15, 0.2) is 34.1 Å². The van der Waals surface area contributed by atoms with Crippen molar-refractivity contribution >= 4 is 29.5 Å². The lowest BCUT2D eigenvalue weighted by molar-refractivity contribution is -0.139. The average Bonchev–Trinajstić information content (AvgIpc) is 2.70. The normalized spacial score (nSPS) is 13.2. The number of thioether (sulfide) groups is 2. The van der Waals surface area contributed by atoms with Crippen LogP contribution in [-0.4, -0.2) is 26.9 Å². The van der Waals surface area contributed by atoms with Crippen LogP contribution in [0.1, 0.15) is 118 Å². The first kappa shape index (κ1) is 32.4. The third kappa shape index (κ3) is 8.35. The second kappa shape index (κ2) is 11.4. The summed E-state index contributed by atoms with van der Waals surface area (Å²) in [5.74, 6) is 0.320. The molecule has 6 heteroatoms. The summed E-state index contributed by atoms with van der Waals surface area (Å²) in [5, 5.41) is 20.3. The fraction of sp³-hybridized carbons (Fsp3) is 0.594. The van der Waals surface area contributed by atoms with Gasteiger partial charge >= 0.3 is 5.97 Å². The van der Waals surface area contributed by atoms with E-state index in [1.165, 1.54) is 0 Å². The molecule has 0 unspecified atom stereocenters. The van der Waals surface area contributed by atoms with Gasteiger partial charge in [-0.2, -0.15) is 0 Å². The fourth-order valence-electron chi connectivity index (χ4n) is 4.35. The summed E-state index contributed by atoms with van der Waals surface area (Å²) in [6.45, 7) is 27.5. The highest BCUT2D eigenvalue weighted by Crippen LogP contribution is 2.50.